The highest BCUT2D eigenvalue weighted by Gasteiger charge is 2.36. The Morgan fingerprint density at radius 1 is 0.957 bits per heavy atom. The molecule has 0 N–H and O–H groups in total. The number of nitrogens with zero attached hydrogens (tertiary/aromatic N) is 3. The maximum absolute atomic E-state index is 12.4. The number of ether oxygens (including phenoxy) is 1. The molecule has 2 aliphatic heterocycles. The van der Waals surface area contributed by atoms with Crippen LogP contribution in [0, 0.1) is 17.8 Å². The summed E-state index contributed by atoms with van der Waals surface area (Å²) in [5.41, 5.74) is 0. The van der Waals surface area contributed by atoms with Crippen LogP contribution in [0.3, 0.4) is 0 Å². The summed E-state index contributed by atoms with van der Waals surface area (Å²) in [7, 11) is 0. The number of hydrogen-bond donors (Lipinski definition) is 0. The van der Waals surface area contributed by atoms with E-state index in [1.54, 1.807) is 0 Å². The van der Waals surface area contributed by atoms with Crippen LogP contribution < -0.4 is 0 Å². The quantitative estimate of drug-likeness (QED) is 0.714. The molecule has 2 aliphatic carbocycles. The van der Waals surface area contributed by atoms with Crippen molar-refractivity contribution in [1.29, 1.82) is 0 Å². The van der Waals surface area contributed by atoms with Crippen molar-refractivity contribution in [3.05, 3.63) is 12.2 Å². The van der Waals surface area contributed by atoms with Gasteiger partial charge in [0.15, 0.2) is 0 Å². The smallest absolute Gasteiger partial charge is 0.236 e. The third-order valence-corrected chi connectivity index (χ3v) is 6.10. The summed E-state index contributed by atoms with van der Waals surface area (Å²) in [6.07, 6.45) is 7.64. The van der Waals surface area contributed by atoms with Gasteiger partial charge in [0.2, 0.25) is 5.91 Å². The van der Waals surface area contributed by atoms with Gasteiger partial charge in [0, 0.05) is 45.8 Å². The SMILES string of the molecule is O=C(CN1CCOCC1)N1CCN(C[C@H]2C[C@H]3C=C[C@H]2C3)CC1. The minimum absolute atomic E-state index is 0.300. The van der Waals surface area contributed by atoms with E-state index in [0.29, 0.717) is 12.5 Å². The van der Waals surface area contributed by atoms with Crippen LogP contribution in [0.4, 0.5) is 0 Å². The van der Waals surface area contributed by atoms with Crippen molar-refractivity contribution in [2.45, 2.75) is 12.8 Å². The van der Waals surface area contributed by atoms with E-state index >= 15 is 0 Å². The molecule has 128 valence electrons. The molecular weight excluding hydrogens is 290 g/mol. The van der Waals surface area contributed by atoms with E-state index in [1.165, 1.54) is 19.4 Å². The monoisotopic (exact) mass is 319 g/mol. The van der Waals surface area contributed by atoms with Crippen LogP contribution in [0.5, 0.6) is 0 Å². The molecule has 0 spiro atoms. The standard InChI is InChI=1S/C18H29N3O2/c22-18(14-20-7-9-23-10-8-20)21-5-3-19(4-6-21)13-17-12-15-1-2-16(17)11-15/h1-2,15-17H,3-14H2/t15-,16-,17+/m0/s1. The lowest BCUT2D eigenvalue weighted by atomic mass is 9.93. The zero-order valence-electron chi connectivity index (χ0n) is 14.0. The van der Waals surface area contributed by atoms with Crippen LogP contribution in [0.25, 0.3) is 0 Å². The van der Waals surface area contributed by atoms with Gasteiger partial charge in [0.1, 0.15) is 0 Å². The Morgan fingerprint density at radius 2 is 1.74 bits per heavy atom. The molecule has 4 rings (SSSR count). The molecular formula is C18H29N3O2. The highest BCUT2D eigenvalue weighted by Crippen LogP contribution is 2.43. The predicted molar refractivity (Wildman–Crippen MR) is 89.1 cm³/mol. The van der Waals surface area contributed by atoms with Crippen LogP contribution in [0.1, 0.15) is 12.8 Å². The van der Waals surface area contributed by atoms with Gasteiger partial charge < -0.3 is 9.64 Å². The predicted octanol–water partition coefficient (Wildman–Crippen LogP) is 0.675. The molecule has 0 radical (unpaired) electrons. The first-order valence-corrected chi connectivity index (χ1v) is 9.26. The van der Waals surface area contributed by atoms with Gasteiger partial charge in [-0.25, -0.2) is 0 Å². The molecule has 0 aromatic heterocycles. The van der Waals surface area contributed by atoms with Gasteiger partial charge in [-0.2, -0.15) is 0 Å². The lowest BCUT2D eigenvalue weighted by molar-refractivity contribution is -0.135. The van der Waals surface area contributed by atoms with E-state index < -0.39 is 0 Å². The fourth-order valence-corrected chi connectivity index (χ4v) is 4.67. The summed E-state index contributed by atoms with van der Waals surface area (Å²) in [6, 6.07) is 0. The first kappa shape index (κ1) is 15.6. The number of rotatable bonds is 4. The largest absolute Gasteiger partial charge is 0.379 e. The van der Waals surface area contributed by atoms with Gasteiger partial charge in [0.05, 0.1) is 19.8 Å². The molecule has 1 amide bonds. The summed E-state index contributed by atoms with van der Waals surface area (Å²) in [5.74, 6) is 2.86. The molecule has 3 fully saturated rings. The number of hydrogen-bond acceptors (Lipinski definition) is 4. The lowest BCUT2D eigenvalue weighted by Gasteiger charge is -2.38. The Kier molecular flexibility index (Phi) is 4.69. The van der Waals surface area contributed by atoms with Gasteiger partial charge in [-0.05, 0) is 30.6 Å². The van der Waals surface area contributed by atoms with Crippen molar-refractivity contribution in [1.82, 2.24) is 14.7 Å². The number of carbonyl (C=O) groups excluding carboxylic acids is 1. The highest BCUT2D eigenvalue weighted by molar-refractivity contribution is 5.78. The average molecular weight is 319 g/mol. The third kappa shape index (κ3) is 3.62. The molecule has 23 heavy (non-hydrogen) atoms. The molecule has 4 aliphatic rings. The van der Waals surface area contributed by atoms with E-state index in [4.69, 9.17) is 4.74 Å². The maximum Gasteiger partial charge on any atom is 0.236 e. The minimum atomic E-state index is 0.300. The number of fused-ring (bicyclic) bond motifs is 2. The Hall–Kier alpha value is -0.910. The van der Waals surface area contributed by atoms with E-state index in [0.717, 1.165) is 70.2 Å². The van der Waals surface area contributed by atoms with E-state index in [2.05, 4.69) is 26.9 Å². The second-order valence-corrected chi connectivity index (χ2v) is 7.61. The Morgan fingerprint density at radius 3 is 2.39 bits per heavy atom. The normalized spacial score (nSPS) is 35.1. The molecule has 5 nitrogen and oxygen atoms in total. The van der Waals surface area contributed by atoms with Crippen LogP contribution in [0.15, 0.2) is 12.2 Å². The van der Waals surface area contributed by atoms with Crippen molar-refractivity contribution in [2.75, 3.05) is 65.6 Å². The molecule has 2 saturated heterocycles. The summed E-state index contributed by atoms with van der Waals surface area (Å²) < 4.78 is 5.35. The first-order chi connectivity index (χ1) is 11.3. The summed E-state index contributed by atoms with van der Waals surface area (Å²) in [5, 5.41) is 0. The lowest BCUT2D eigenvalue weighted by Crippen LogP contribution is -2.53. The van der Waals surface area contributed by atoms with Crippen LogP contribution in [-0.4, -0.2) is 86.2 Å². The van der Waals surface area contributed by atoms with Crippen LogP contribution >= 0.6 is 0 Å². The van der Waals surface area contributed by atoms with Crippen molar-refractivity contribution < 1.29 is 9.53 Å². The Bertz CT molecular complexity index is 453. The molecule has 0 aromatic rings. The van der Waals surface area contributed by atoms with Crippen molar-refractivity contribution in [3.63, 3.8) is 0 Å². The van der Waals surface area contributed by atoms with Gasteiger partial charge in [0.25, 0.3) is 0 Å². The number of allylic oxidation sites excluding steroid dienone is 2. The first-order valence-electron chi connectivity index (χ1n) is 9.26. The molecule has 2 heterocycles. The minimum Gasteiger partial charge on any atom is -0.379 e. The molecule has 2 bridgehead atoms. The fraction of sp³-hybridized carbons (Fsp3) is 0.833. The number of amides is 1. The zero-order chi connectivity index (χ0) is 15.6. The second kappa shape index (κ2) is 6.91. The number of morpholine rings is 1. The third-order valence-electron chi connectivity index (χ3n) is 6.10. The highest BCUT2D eigenvalue weighted by atomic mass is 16.5. The summed E-state index contributed by atoms with van der Waals surface area (Å²) >= 11 is 0. The van der Waals surface area contributed by atoms with Crippen LogP contribution in [0.2, 0.25) is 0 Å². The van der Waals surface area contributed by atoms with Gasteiger partial charge in [-0.15, -0.1) is 0 Å². The van der Waals surface area contributed by atoms with Crippen LogP contribution in [-0.2, 0) is 9.53 Å². The van der Waals surface area contributed by atoms with E-state index in [9.17, 15) is 4.79 Å². The Labute approximate surface area is 139 Å². The van der Waals surface area contributed by atoms with E-state index in [1.807, 2.05) is 0 Å². The number of piperazine rings is 1. The van der Waals surface area contributed by atoms with Gasteiger partial charge >= 0.3 is 0 Å². The molecule has 0 aromatic carbocycles. The summed E-state index contributed by atoms with van der Waals surface area (Å²) in [4.78, 5) is 19.3. The number of carbonyl (C=O) groups is 1. The molecule has 3 atom stereocenters. The maximum atomic E-state index is 12.4. The van der Waals surface area contributed by atoms with Gasteiger partial charge in [-0.3, -0.25) is 14.6 Å². The zero-order valence-corrected chi connectivity index (χ0v) is 14.0. The summed E-state index contributed by atoms with van der Waals surface area (Å²) in [6.45, 7) is 9.01. The van der Waals surface area contributed by atoms with Crippen molar-refractivity contribution in [2.24, 2.45) is 17.8 Å². The van der Waals surface area contributed by atoms with E-state index in [-0.39, 0.29) is 0 Å². The van der Waals surface area contributed by atoms with Gasteiger partial charge in [-0.1, -0.05) is 12.2 Å². The second-order valence-electron chi connectivity index (χ2n) is 7.61. The molecule has 5 heteroatoms. The molecule has 1 saturated carbocycles. The fourth-order valence-electron chi connectivity index (χ4n) is 4.67. The molecule has 0 unspecified atom stereocenters. The Balaban J connectivity index is 1.20. The van der Waals surface area contributed by atoms with Crippen molar-refractivity contribution in [3.8, 4) is 0 Å². The van der Waals surface area contributed by atoms with Crippen molar-refractivity contribution >= 4 is 5.91 Å². The average Bonchev–Trinajstić information content (AvgIpc) is 3.19. The topological polar surface area (TPSA) is 36.0 Å².